The van der Waals surface area contributed by atoms with Crippen molar-refractivity contribution in [3.63, 3.8) is 0 Å². The topological polar surface area (TPSA) is 75.7 Å². The van der Waals surface area contributed by atoms with Crippen LogP contribution in [-0.4, -0.2) is 37.1 Å². The Balaban J connectivity index is 2.16. The van der Waals surface area contributed by atoms with Crippen molar-refractivity contribution in [3.05, 3.63) is 63.9 Å². The summed E-state index contributed by atoms with van der Waals surface area (Å²) in [4.78, 5) is 14.7. The largest absolute Gasteiger partial charge is 0.383 e. The zero-order chi connectivity index (χ0) is 20.7. The van der Waals surface area contributed by atoms with E-state index in [0.717, 1.165) is 6.26 Å². The molecule has 1 aliphatic rings. The minimum atomic E-state index is -3.68. The van der Waals surface area contributed by atoms with E-state index in [4.69, 9.17) is 16.4 Å². The van der Waals surface area contributed by atoms with E-state index in [9.17, 15) is 17.6 Å². The quantitative estimate of drug-likeness (QED) is 0.517. The molecule has 1 amide bonds. The summed E-state index contributed by atoms with van der Waals surface area (Å²) in [5.41, 5.74) is -0.372. The van der Waals surface area contributed by atoms with Gasteiger partial charge in [-0.25, -0.2) is 4.39 Å². The summed E-state index contributed by atoms with van der Waals surface area (Å²) in [5.74, 6) is -0.659. The van der Waals surface area contributed by atoms with Crippen molar-refractivity contribution in [2.24, 2.45) is 0 Å². The first kappa shape index (κ1) is 20.7. The van der Waals surface area contributed by atoms with Crippen molar-refractivity contribution in [1.29, 1.82) is 0 Å². The molecule has 1 aliphatic heterocycles. The molecule has 28 heavy (non-hydrogen) atoms. The second kappa shape index (κ2) is 7.41. The van der Waals surface area contributed by atoms with Crippen LogP contribution in [0.1, 0.15) is 18.1 Å². The molecule has 10 heteroatoms. The molecular weight excluding hydrogens is 471 g/mol. The average Bonchev–Trinajstić information content (AvgIpc) is 2.87. The highest BCUT2D eigenvalue weighted by atomic mass is 79.9. The lowest BCUT2D eigenvalue weighted by atomic mass is 9.82. The van der Waals surface area contributed by atoms with Crippen LogP contribution in [0.4, 0.5) is 4.39 Å². The van der Waals surface area contributed by atoms with Gasteiger partial charge in [-0.05, 0) is 70.5 Å². The van der Waals surface area contributed by atoms with Gasteiger partial charge in [0, 0.05) is 6.54 Å². The molecule has 0 aliphatic carbocycles. The van der Waals surface area contributed by atoms with E-state index in [0.29, 0.717) is 17.7 Å². The van der Waals surface area contributed by atoms with Crippen LogP contribution in [0, 0.1) is 5.82 Å². The smallest absolute Gasteiger partial charge is 0.306 e. The minimum Gasteiger partial charge on any atom is -0.383 e. The van der Waals surface area contributed by atoms with E-state index in [-0.39, 0.29) is 21.2 Å². The number of benzene rings is 2. The van der Waals surface area contributed by atoms with Gasteiger partial charge in [0.1, 0.15) is 11.6 Å². The molecule has 2 aromatic carbocycles. The van der Waals surface area contributed by atoms with Crippen LogP contribution < -0.4 is 9.50 Å². The van der Waals surface area contributed by atoms with Gasteiger partial charge in [-0.15, -0.1) is 0 Å². The van der Waals surface area contributed by atoms with Crippen LogP contribution in [0.15, 0.2) is 46.9 Å². The fourth-order valence-electron chi connectivity index (χ4n) is 3.09. The minimum absolute atomic E-state index is 0.113. The van der Waals surface area contributed by atoms with Crippen molar-refractivity contribution >= 4 is 49.3 Å². The SMILES string of the molecule is CCN1C(=O)C(c2ccc(OS(C)(=O)=O)cc2)(c2ccc(F)c(Br)c2)NC1=S. The van der Waals surface area contributed by atoms with E-state index in [1.807, 2.05) is 0 Å². The normalized spacial score (nSPS) is 19.6. The van der Waals surface area contributed by atoms with Gasteiger partial charge in [0.15, 0.2) is 10.7 Å². The third-order valence-corrected chi connectivity index (χ3v) is 5.73. The standard InChI is InChI=1S/C18H16BrFN2O4S2/c1-3-22-16(23)18(21-17(22)27,12-6-9-15(20)14(19)10-12)11-4-7-13(8-5-11)26-28(2,24)25/h4-10H,3H2,1-2H3,(H,21,27). The fourth-order valence-corrected chi connectivity index (χ4v) is 4.29. The third kappa shape index (κ3) is 3.63. The number of likely N-dealkylation sites (N-methyl/N-ethyl adjacent to an activating group) is 1. The van der Waals surface area contributed by atoms with E-state index in [2.05, 4.69) is 21.2 Å². The van der Waals surface area contributed by atoms with Crippen LogP contribution in [0.3, 0.4) is 0 Å². The number of hydrogen-bond acceptors (Lipinski definition) is 5. The number of nitrogens with zero attached hydrogens (tertiary/aromatic N) is 1. The Labute approximate surface area is 175 Å². The molecule has 0 radical (unpaired) electrons. The molecule has 1 saturated heterocycles. The summed E-state index contributed by atoms with van der Waals surface area (Å²) in [6.07, 6.45) is 0.943. The summed E-state index contributed by atoms with van der Waals surface area (Å²) < 4.78 is 41.5. The molecule has 0 bridgehead atoms. The van der Waals surface area contributed by atoms with E-state index >= 15 is 0 Å². The fraction of sp³-hybridized carbons (Fsp3) is 0.222. The highest BCUT2D eigenvalue weighted by molar-refractivity contribution is 9.10. The summed E-state index contributed by atoms with van der Waals surface area (Å²) in [7, 11) is -3.68. The van der Waals surface area contributed by atoms with Crippen molar-refractivity contribution in [3.8, 4) is 5.75 Å². The van der Waals surface area contributed by atoms with Gasteiger partial charge in [-0.1, -0.05) is 18.2 Å². The lowest BCUT2D eigenvalue weighted by Crippen LogP contribution is -2.45. The number of halogens is 2. The first-order valence-electron chi connectivity index (χ1n) is 8.18. The van der Waals surface area contributed by atoms with Crippen LogP contribution in [-0.2, 0) is 20.5 Å². The molecular formula is C18H16BrFN2O4S2. The maximum absolute atomic E-state index is 13.8. The Morgan fingerprint density at radius 2 is 1.82 bits per heavy atom. The van der Waals surface area contributed by atoms with Gasteiger partial charge in [0.25, 0.3) is 5.91 Å². The molecule has 0 aromatic heterocycles. The van der Waals surface area contributed by atoms with Crippen molar-refractivity contribution < 1.29 is 21.8 Å². The Morgan fingerprint density at radius 3 is 2.32 bits per heavy atom. The first-order valence-corrected chi connectivity index (χ1v) is 11.2. The van der Waals surface area contributed by atoms with Gasteiger partial charge >= 0.3 is 10.1 Å². The van der Waals surface area contributed by atoms with Crippen molar-refractivity contribution in [1.82, 2.24) is 10.2 Å². The van der Waals surface area contributed by atoms with Gasteiger partial charge in [0.05, 0.1) is 10.7 Å². The molecule has 6 nitrogen and oxygen atoms in total. The predicted molar refractivity (Wildman–Crippen MR) is 110 cm³/mol. The molecule has 0 saturated carbocycles. The predicted octanol–water partition coefficient (Wildman–Crippen LogP) is 2.91. The Bertz CT molecular complexity index is 1060. The average molecular weight is 487 g/mol. The summed E-state index contributed by atoms with van der Waals surface area (Å²) in [6.45, 7) is 2.16. The monoisotopic (exact) mass is 486 g/mol. The lowest BCUT2D eigenvalue weighted by molar-refractivity contribution is -0.129. The van der Waals surface area contributed by atoms with E-state index < -0.39 is 21.5 Å². The molecule has 1 N–H and O–H groups in total. The summed E-state index contributed by atoms with van der Waals surface area (Å²) in [5, 5.41) is 3.32. The second-order valence-corrected chi connectivity index (χ2v) is 8.99. The maximum atomic E-state index is 13.8. The highest BCUT2D eigenvalue weighted by Gasteiger charge is 2.51. The number of rotatable bonds is 5. The molecule has 0 spiro atoms. The third-order valence-electron chi connectivity index (χ3n) is 4.31. The van der Waals surface area contributed by atoms with Gasteiger partial charge in [-0.2, -0.15) is 8.42 Å². The van der Waals surface area contributed by atoms with Crippen LogP contribution >= 0.6 is 28.1 Å². The molecule has 2 aromatic rings. The Hall–Kier alpha value is -2.04. The number of carbonyl (C=O) groups excluding carboxylic acids is 1. The number of hydrogen-bond donors (Lipinski definition) is 1. The van der Waals surface area contributed by atoms with Crippen LogP contribution in [0.5, 0.6) is 5.75 Å². The lowest BCUT2D eigenvalue weighted by Gasteiger charge is -2.28. The Kier molecular flexibility index (Phi) is 5.48. The summed E-state index contributed by atoms with van der Waals surface area (Å²) >= 11 is 8.48. The number of nitrogens with one attached hydrogen (secondary N) is 1. The zero-order valence-electron chi connectivity index (χ0n) is 14.9. The zero-order valence-corrected chi connectivity index (χ0v) is 18.1. The van der Waals surface area contributed by atoms with Crippen LogP contribution in [0.25, 0.3) is 0 Å². The first-order chi connectivity index (χ1) is 13.1. The highest BCUT2D eigenvalue weighted by Crippen LogP contribution is 2.38. The van der Waals surface area contributed by atoms with Gasteiger partial charge in [0.2, 0.25) is 0 Å². The van der Waals surface area contributed by atoms with E-state index in [1.54, 1.807) is 19.1 Å². The van der Waals surface area contributed by atoms with Crippen molar-refractivity contribution in [2.45, 2.75) is 12.5 Å². The number of thiocarbonyl (C=S) groups is 1. The van der Waals surface area contributed by atoms with Gasteiger partial charge < -0.3 is 9.50 Å². The molecule has 1 heterocycles. The van der Waals surface area contributed by atoms with Gasteiger partial charge in [-0.3, -0.25) is 9.69 Å². The summed E-state index contributed by atoms with van der Waals surface area (Å²) in [6, 6.07) is 10.3. The molecule has 148 valence electrons. The van der Waals surface area contributed by atoms with E-state index in [1.165, 1.54) is 35.2 Å². The van der Waals surface area contributed by atoms with Crippen molar-refractivity contribution in [2.75, 3.05) is 12.8 Å². The number of carbonyl (C=O) groups is 1. The maximum Gasteiger partial charge on any atom is 0.306 e. The second-order valence-electron chi connectivity index (χ2n) is 6.17. The Morgan fingerprint density at radius 1 is 1.21 bits per heavy atom. The molecule has 1 unspecified atom stereocenters. The number of amides is 1. The molecule has 1 fully saturated rings. The van der Waals surface area contributed by atoms with Crippen LogP contribution in [0.2, 0.25) is 0 Å². The molecule has 3 rings (SSSR count). The molecule has 1 atom stereocenters.